The van der Waals surface area contributed by atoms with E-state index < -0.39 is 0 Å². The van der Waals surface area contributed by atoms with Crippen LogP contribution >= 0.6 is 0 Å². The molecule has 2 bridgehead atoms. The van der Waals surface area contributed by atoms with Crippen LogP contribution in [-0.4, -0.2) is 18.5 Å². The molecule has 0 aromatic heterocycles. The molecule has 2 nitrogen and oxygen atoms in total. The summed E-state index contributed by atoms with van der Waals surface area (Å²) >= 11 is 0. The van der Waals surface area contributed by atoms with Crippen LogP contribution in [0.5, 0.6) is 0 Å². The quantitative estimate of drug-likeness (QED) is 0.399. The first kappa shape index (κ1) is 21.9. The molecule has 5 aliphatic carbocycles. The lowest BCUT2D eigenvalue weighted by Gasteiger charge is -2.72. The molecule has 178 valence electrons. The van der Waals surface area contributed by atoms with Gasteiger partial charge in [0.2, 0.25) is 0 Å². The number of carbonyl (C=O) groups is 1. The fraction of sp³-hybridized carbons (Fsp3) is 0.900. The molecule has 1 aliphatic heterocycles. The number of fused-ring (bicyclic) bond motifs is 5. The zero-order chi connectivity index (χ0) is 22.9. The van der Waals surface area contributed by atoms with E-state index in [1.807, 2.05) is 6.08 Å². The van der Waals surface area contributed by atoms with Gasteiger partial charge in [-0.2, -0.15) is 0 Å². The minimum absolute atomic E-state index is 0.148. The zero-order valence-electron chi connectivity index (χ0n) is 21.7. The van der Waals surface area contributed by atoms with E-state index in [2.05, 4.69) is 54.5 Å². The monoisotopic (exact) mass is 438 g/mol. The van der Waals surface area contributed by atoms with Crippen molar-refractivity contribution in [1.29, 1.82) is 0 Å². The highest BCUT2D eigenvalue weighted by Gasteiger charge is 2.72. The van der Waals surface area contributed by atoms with Crippen LogP contribution in [0.1, 0.15) is 99.8 Å². The smallest absolute Gasteiger partial charge is 0.161 e. The number of ketones is 1. The lowest BCUT2D eigenvalue weighted by Crippen LogP contribution is -2.66. The number of rotatable bonds is 0. The van der Waals surface area contributed by atoms with E-state index in [4.69, 9.17) is 4.74 Å². The second kappa shape index (κ2) is 6.13. The molecule has 1 heterocycles. The Morgan fingerprint density at radius 1 is 0.812 bits per heavy atom. The third kappa shape index (κ3) is 2.30. The van der Waals surface area contributed by atoms with E-state index in [0.29, 0.717) is 45.4 Å². The van der Waals surface area contributed by atoms with Gasteiger partial charge in [0.25, 0.3) is 0 Å². The fourth-order valence-corrected chi connectivity index (χ4v) is 11.3. The Morgan fingerprint density at radius 2 is 1.53 bits per heavy atom. The predicted octanol–water partition coefficient (Wildman–Crippen LogP) is 7.22. The van der Waals surface area contributed by atoms with Crippen molar-refractivity contribution in [3.63, 3.8) is 0 Å². The van der Waals surface area contributed by atoms with Crippen molar-refractivity contribution < 1.29 is 9.53 Å². The summed E-state index contributed by atoms with van der Waals surface area (Å²) in [6.45, 7) is 18.3. The minimum atomic E-state index is -0.223. The van der Waals surface area contributed by atoms with Gasteiger partial charge in [0.1, 0.15) is 0 Å². The van der Waals surface area contributed by atoms with Crippen molar-refractivity contribution in [1.82, 2.24) is 0 Å². The molecule has 1 saturated heterocycles. The van der Waals surface area contributed by atoms with Crippen LogP contribution in [-0.2, 0) is 9.53 Å². The van der Waals surface area contributed by atoms with E-state index in [1.54, 1.807) is 0 Å². The molecule has 6 rings (SSSR count). The third-order valence-electron chi connectivity index (χ3n) is 13.4. The van der Waals surface area contributed by atoms with Gasteiger partial charge in [-0.25, -0.2) is 0 Å². The van der Waals surface area contributed by atoms with Crippen molar-refractivity contribution in [2.75, 3.05) is 6.61 Å². The average molecular weight is 439 g/mol. The summed E-state index contributed by atoms with van der Waals surface area (Å²) in [6, 6.07) is 0. The Kier molecular flexibility index (Phi) is 4.19. The summed E-state index contributed by atoms with van der Waals surface area (Å²) in [5.41, 5.74) is 1.45. The van der Waals surface area contributed by atoms with Crippen LogP contribution in [0.4, 0.5) is 0 Å². The molecule has 0 spiro atoms. The van der Waals surface area contributed by atoms with Gasteiger partial charge >= 0.3 is 0 Å². The van der Waals surface area contributed by atoms with Gasteiger partial charge in [-0.15, -0.1) is 0 Å². The van der Waals surface area contributed by atoms with Crippen LogP contribution in [0.25, 0.3) is 0 Å². The molecular formula is C30H46O2. The van der Waals surface area contributed by atoms with Gasteiger partial charge in [-0.3, -0.25) is 4.79 Å². The molecule has 0 unspecified atom stereocenters. The van der Waals surface area contributed by atoms with Crippen LogP contribution in [0.15, 0.2) is 12.2 Å². The highest BCUT2D eigenvalue weighted by molar-refractivity contribution is 5.95. The van der Waals surface area contributed by atoms with Crippen LogP contribution in [0.3, 0.4) is 0 Å². The van der Waals surface area contributed by atoms with E-state index in [9.17, 15) is 4.79 Å². The summed E-state index contributed by atoms with van der Waals surface area (Å²) in [7, 11) is 0. The topological polar surface area (TPSA) is 26.3 Å². The molecule has 2 heteroatoms. The van der Waals surface area contributed by atoms with Gasteiger partial charge in [-0.05, 0) is 108 Å². The highest BCUT2D eigenvalue weighted by atomic mass is 16.5. The molecule has 4 saturated carbocycles. The molecular weight excluding hydrogens is 392 g/mol. The molecule has 32 heavy (non-hydrogen) atoms. The van der Waals surface area contributed by atoms with E-state index in [-0.39, 0.29) is 10.8 Å². The lowest BCUT2D eigenvalue weighted by atomic mass is 9.32. The first-order chi connectivity index (χ1) is 14.8. The average Bonchev–Trinajstić information content (AvgIpc) is 3.05. The van der Waals surface area contributed by atoms with Gasteiger partial charge in [0.05, 0.1) is 12.7 Å². The first-order valence-corrected chi connectivity index (χ1v) is 13.7. The summed E-state index contributed by atoms with van der Waals surface area (Å²) in [6.07, 6.45) is 15.5. The summed E-state index contributed by atoms with van der Waals surface area (Å²) < 4.78 is 6.69. The molecule has 5 fully saturated rings. The number of carbonyl (C=O) groups excluding carboxylic acids is 1. The predicted molar refractivity (Wildman–Crippen MR) is 129 cm³/mol. The molecule has 6 aliphatic rings. The molecule has 9 atom stereocenters. The molecule has 0 aromatic carbocycles. The molecule has 0 N–H and O–H groups in total. The molecule has 0 amide bonds. The number of hydrogen-bond acceptors (Lipinski definition) is 2. The first-order valence-electron chi connectivity index (χ1n) is 13.7. The van der Waals surface area contributed by atoms with Gasteiger partial charge in [-0.1, -0.05) is 54.5 Å². The maximum absolute atomic E-state index is 12.8. The zero-order valence-corrected chi connectivity index (χ0v) is 21.7. The van der Waals surface area contributed by atoms with Crippen LogP contribution in [0, 0.1) is 56.2 Å². The van der Waals surface area contributed by atoms with Crippen molar-refractivity contribution in [3.05, 3.63) is 12.2 Å². The van der Waals surface area contributed by atoms with Crippen molar-refractivity contribution in [2.45, 2.75) is 106 Å². The van der Waals surface area contributed by atoms with Gasteiger partial charge in [0, 0.05) is 5.41 Å². The van der Waals surface area contributed by atoms with E-state index >= 15 is 0 Å². The summed E-state index contributed by atoms with van der Waals surface area (Å²) in [5.74, 6) is 3.07. The fourth-order valence-electron chi connectivity index (χ4n) is 11.3. The Labute approximate surface area is 196 Å². The van der Waals surface area contributed by atoms with Crippen LogP contribution in [0.2, 0.25) is 0 Å². The molecule has 0 aromatic rings. The van der Waals surface area contributed by atoms with E-state index in [1.165, 1.54) is 51.4 Å². The van der Waals surface area contributed by atoms with Gasteiger partial charge < -0.3 is 4.74 Å². The van der Waals surface area contributed by atoms with Crippen molar-refractivity contribution >= 4 is 5.78 Å². The van der Waals surface area contributed by atoms with Crippen LogP contribution < -0.4 is 0 Å². The maximum Gasteiger partial charge on any atom is 0.161 e. The standard InChI is InChI=1S/C30H46O2/c1-25(2)14-16-30-17-15-28(6)19(23(30)24(25)32-18-30)8-9-21-27(5)12-11-22(31)26(3,4)20(27)10-13-29(21,28)7/h11-12,19-21,23-24H,8-10,13-18H2,1-7H3/t19-,20+,21-,23+,24+,27+,28-,29-,30-/m1/s1. The number of hydrogen-bond donors (Lipinski definition) is 0. The van der Waals surface area contributed by atoms with E-state index in [0.717, 1.165) is 18.4 Å². The lowest BCUT2D eigenvalue weighted by molar-refractivity contribution is -0.226. The second-order valence-electron chi connectivity index (χ2n) is 15.1. The second-order valence-corrected chi connectivity index (χ2v) is 15.1. The Morgan fingerprint density at radius 3 is 2.28 bits per heavy atom. The number of allylic oxidation sites excluding steroid dienone is 2. The summed E-state index contributed by atoms with van der Waals surface area (Å²) in [4.78, 5) is 12.8. The Balaban J connectivity index is 1.42. The minimum Gasteiger partial charge on any atom is -0.377 e. The largest absolute Gasteiger partial charge is 0.377 e. The number of ether oxygens (including phenoxy) is 1. The third-order valence-corrected chi connectivity index (χ3v) is 13.4. The van der Waals surface area contributed by atoms with Crippen molar-refractivity contribution in [3.8, 4) is 0 Å². The normalized spacial score (nSPS) is 57.2. The summed E-state index contributed by atoms with van der Waals surface area (Å²) in [5, 5.41) is 0. The van der Waals surface area contributed by atoms with Crippen molar-refractivity contribution in [2.24, 2.45) is 56.2 Å². The van der Waals surface area contributed by atoms with Gasteiger partial charge in [0.15, 0.2) is 5.78 Å². The Hall–Kier alpha value is -0.630. The Bertz CT molecular complexity index is 883. The highest BCUT2D eigenvalue weighted by Crippen LogP contribution is 2.77. The maximum atomic E-state index is 12.8. The molecule has 0 radical (unpaired) electrons. The SMILES string of the molecule is CC1(C)CC[C@]23CC[C@]4(C)[C@H](CC[C@@H]5[C@@]6(C)C=CC(=O)C(C)(C)[C@@H]6CC[C@]54C)[C@H]2[C@@H]1OC3.